The fraction of sp³-hybridized carbons (Fsp3) is 0.0909. The molecule has 0 saturated heterocycles. The van der Waals surface area contributed by atoms with Crippen molar-refractivity contribution in [3.8, 4) is 0 Å². The van der Waals surface area contributed by atoms with Crippen LogP contribution in [0.25, 0.3) is 0 Å². The third-order valence-corrected chi connectivity index (χ3v) is 2.76. The van der Waals surface area contributed by atoms with Crippen LogP contribution < -0.4 is 5.32 Å². The smallest absolute Gasteiger partial charge is 0.271 e. The van der Waals surface area contributed by atoms with E-state index < -0.39 is 4.92 Å². The molecule has 0 atom stereocenters. The molecule has 1 aromatic carbocycles. The summed E-state index contributed by atoms with van der Waals surface area (Å²) in [7, 11) is 0. The Morgan fingerprint density at radius 1 is 1.28 bits per heavy atom. The van der Waals surface area contributed by atoms with E-state index in [1.54, 1.807) is 18.2 Å². The van der Waals surface area contributed by atoms with E-state index in [0.717, 1.165) is 0 Å². The van der Waals surface area contributed by atoms with Gasteiger partial charge in [0.2, 0.25) is 0 Å². The molecule has 0 amide bonds. The lowest BCUT2D eigenvalue weighted by molar-refractivity contribution is -0.384. The quantitative estimate of drug-likeness (QED) is 0.678. The highest BCUT2D eigenvalue weighted by atomic mass is 35.5. The van der Waals surface area contributed by atoms with Gasteiger partial charge in [0, 0.05) is 12.1 Å². The number of benzene rings is 1. The maximum absolute atomic E-state index is 10.5. The van der Waals surface area contributed by atoms with Gasteiger partial charge < -0.3 is 9.73 Å². The van der Waals surface area contributed by atoms with Crippen LogP contribution in [0.15, 0.2) is 34.7 Å². The van der Waals surface area contributed by atoms with Crippen molar-refractivity contribution < 1.29 is 9.34 Å². The lowest BCUT2D eigenvalue weighted by Gasteiger charge is -2.06. The molecule has 0 unspecified atom stereocenters. The first kappa shape index (κ1) is 12.7. The zero-order valence-electron chi connectivity index (χ0n) is 9.02. The number of nitro groups is 1. The summed E-state index contributed by atoms with van der Waals surface area (Å²) in [5.74, 6) is 0.648. The molecule has 1 heterocycles. The fourth-order valence-electron chi connectivity index (χ4n) is 1.39. The Hall–Kier alpha value is -1.72. The van der Waals surface area contributed by atoms with Gasteiger partial charge in [0.1, 0.15) is 5.76 Å². The number of hydrogen-bond acceptors (Lipinski definition) is 4. The van der Waals surface area contributed by atoms with Crippen LogP contribution in [-0.2, 0) is 6.54 Å². The van der Waals surface area contributed by atoms with E-state index in [0.29, 0.717) is 23.2 Å². The second kappa shape index (κ2) is 5.29. The van der Waals surface area contributed by atoms with E-state index in [-0.39, 0.29) is 10.7 Å². The molecule has 2 rings (SSSR count). The SMILES string of the molecule is O=[N+]([O-])c1ccc(NCc2ccc(Cl)o2)c(Cl)c1. The molecule has 0 aliphatic heterocycles. The normalized spacial score (nSPS) is 10.3. The lowest BCUT2D eigenvalue weighted by atomic mass is 10.3. The van der Waals surface area contributed by atoms with Crippen LogP contribution in [0.4, 0.5) is 11.4 Å². The van der Waals surface area contributed by atoms with E-state index in [2.05, 4.69) is 5.32 Å². The number of nitrogens with one attached hydrogen (secondary N) is 1. The van der Waals surface area contributed by atoms with Gasteiger partial charge in [-0.15, -0.1) is 0 Å². The van der Waals surface area contributed by atoms with Crippen molar-refractivity contribution in [2.45, 2.75) is 6.54 Å². The predicted molar refractivity (Wildman–Crippen MR) is 69.2 cm³/mol. The maximum atomic E-state index is 10.5. The minimum absolute atomic E-state index is 0.0495. The molecule has 0 spiro atoms. The summed E-state index contributed by atoms with van der Waals surface area (Å²) in [6.07, 6.45) is 0. The van der Waals surface area contributed by atoms with Gasteiger partial charge in [-0.2, -0.15) is 0 Å². The van der Waals surface area contributed by atoms with Gasteiger partial charge in [0.05, 0.1) is 22.2 Å². The largest absolute Gasteiger partial charge is 0.448 e. The van der Waals surface area contributed by atoms with Gasteiger partial charge in [-0.05, 0) is 29.8 Å². The predicted octanol–water partition coefficient (Wildman–Crippen LogP) is 4.11. The third-order valence-electron chi connectivity index (χ3n) is 2.25. The number of nitro benzene ring substituents is 1. The number of rotatable bonds is 4. The van der Waals surface area contributed by atoms with Crippen LogP contribution in [0.1, 0.15) is 5.76 Å². The molecule has 5 nitrogen and oxygen atoms in total. The average Bonchev–Trinajstić information content (AvgIpc) is 2.73. The molecular weight excluding hydrogens is 279 g/mol. The Bertz CT molecular complexity index is 583. The number of nitrogens with zero attached hydrogens (tertiary/aromatic N) is 1. The first-order chi connectivity index (χ1) is 8.56. The van der Waals surface area contributed by atoms with Crippen molar-refractivity contribution in [2.75, 3.05) is 5.32 Å². The van der Waals surface area contributed by atoms with E-state index in [4.69, 9.17) is 27.6 Å². The van der Waals surface area contributed by atoms with Gasteiger partial charge in [-0.25, -0.2) is 0 Å². The summed E-state index contributed by atoms with van der Waals surface area (Å²) < 4.78 is 5.16. The monoisotopic (exact) mass is 286 g/mol. The molecule has 0 bridgehead atoms. The topological polar surface area (TPSA) is 68.3 Å². The molecule has 0 radical (unpaired) electrons. The van der Waals surface area contributed by atoms with Crippen LogP contribution in [0, 0.1) is 10.1 Å². The van der Waals surface area contributed by atoms with Gasteiger partial charge in [0.25, 0.3) is 5.69 Å². The van der Waals surface area contributed by atoms with E-state index in [1.807, 2.05) is 0 Å². The summed E-state index contributed by atoms with van der Waals surface area (Å²) in [5.41, 5.74) is 0.543. The molecule has 1 aromatic heterocycles. The second-order valence-corrected chi connectivity index (χ2v) is 4.26. The molecular formula is C11H8Cl2N2O3. The van der Waals surface area contributed by atoms with E-state index in [1.165, 1.54) is 12.1 Å². The molecule has 94 valence electrons. The summed E-state index contributed by atoms with van der Waals surface area (Å²) in [4.78, 5) is 10.0. The zero-order chi connectivity index (χ0) is 13.1. The van der Waals surface area contributed by atoms with Gasteiger partial charge in [0.15, 0.2) is 5.22 Å². The Labute approximate surface area is 112 Å². The summed E-state index contributed by atoms with van der Waals surface area (Å²) in [6, 6.07) is 7.58. The van der Waals surface area contributed by atoms with E-state index >= 15 is 0 Å². The standard InChI is InChI=1S/C11H8Cl2N2O3/c12-9-5-7(15(16)17)1-3-10(9)14-6-8-2-4-11(13)18-8/h1-5,14H,6H2. The summed E-state index contributed by atoms with van der Waals surface area (Å²) in [5, 5.41) is 14.1. The first-order valence-electron chi connectivity index (χ1n) is 4.98. The second-order valence-electron chi connectivity index (χ2n) is 3.48. The number of hydrogen-bond donors (Lipinski definition) is 1. The molecule has 0 fully saturated rings. The van der Waals surface area contributed by atoms with Crippen molar-refractivity contribution in [1.29, 1.82) is 0 Å². The Morgan fingerprint density at radius 3 is 2.61 bits per heavy atom. The van der Waals surface area contributed by atoms with Crippen LogP contribution in [0.2, 0.25) is 10.2 Å². The summed E-state index contributed by atoms with van der Waals surface area (Å²) in [6.45, 7) is 0.393. The third kappa shape index (κ3) is 2.94. The highest BCUT2D eigenvalue weighted by molar-refractivity contribution is 6.33. The van der Waals surface area contributed by atoms with Crippen molar-refractivity contribution in [2.24, 2.45) is 0 Å². The first-order valence-corrected chi connectivity index (χ1v) is 5.74. The number of furan rings is 1. The minimum atomic E-state index is -0.498. The highest BCUT2D eigenvalue weighted by Crippen LogP contribution is 2.27. The molecule has 18 heavy (non-hydrogen) atoms. The number of anilines is 1. The Kier molecular flexibility index (Phi) is 3.74. The average molecular weight is 287 g/mol. The minimum Gasteiger partial charge on any atom is -0.448 e. The summed E-state index contributed by atoms with van der Waals surface area (Å²) >= 11 is 11.6. The Balaban J connectivity index is 2.08. The Morgan fingerprint density at radius 2 is 2.06 bits per heavy atom. The van der Waals surface area contributed by atoms with Gasteiger partial charge in [-0.3, -0.25) is 10.1 Å². The van der Waals surface area contributed by atoms with Crippen LogP contribution in [-0.4, -0.2) is 4.92 Å². The van der Waals surface area contributed by atoms with Crippen LogP contribution >= 0.6 is 23.2 Å². The molecule has 0 saturated carbocycles. The van der Waals surface area contributed by atoms with Crippen molar-refractivity contribution in [1.82, 2.24) is 0 Å². The van der Waals surface area contributed by atoms with Crippen LogP contribution in [0.3, 0.4) is 0 Å². The molecule has 0 aliphatic rings. The molecule has 0 aliphatic carbocycles. The highest BCUT2D eigenvalue weighted by Gasteiger charge is 2.09. The molecule has 1 N–H and O–H groups in total. The number of halogens is 2. The zero-order valence-corrected chi connectivity index (χ0v) is 10.5. The number of non-ortho nitro benzene ring substituents is 1. The molecule has 7 heteroatoms. The maximum Gasteiger partial charge on any atom is 0.271 e. The van der Waals surface area contributed by atoms with Gasteiger partial charge in [-0.1, -0.05) is 11.6 Å². The van der Waals surface area contributed by atoms with E-state index in [9.17, 15) is 10.1 Å². The van der Waals surface area contributed by atoms with Crippen molar-refractivity contribution in [3.63, 3.8) is 0 Å². The van der Waals surface area contributed by atoms with Gasteiger partial charge >= 0.3 is 0 Å². The molecule has 2 aromatic rings. The van der Waals surface area contributed by atoms with Crippen molar-refractivity contribution in [3.05, 3.63) is 56.4 Å². The van der Waals surface area contributed by atoms with Crippen LogP contribution in [0.5, 0.6) is 0 Å². The van der Waals surface area contributed by atoms with Crippen molar-refractivity contribution >= 4 is 34.6 Å². The lowest BCUT2D eigenvalue weighted by Crippen LogP contribution is -1.99. The fourth-order valence-corrected chi connectivity index (χ4v) is 1.79.